The van der Waals surface area contributed by atoms with Crippen LogP contribution in [0.25, 0.3) is 0 Å². The number of hydroxylamine groups is 2. The molecule has 0 unspecified atom stereocenters. The van der Waals surface area contributed by atoms with Crippen LogP contribution >= 0.6 is 0 Å². The van der Waals surface area contributed by atoms with Gasteiger partial charge in [-0.15, -0.1) is 0 Å². The van der Waals surface area contributed by atoms with E-state index in [1.54, 1.807) is 6.07 Å². The Kier molecular flexibility index (Phi) is 3.42. The van der Waals surface area contributed by atoms with Gasteiger partial charge < -0.3 is 0 Å². The molecule has 1 heterocycles. The molecule has 1 aliphatic carbocycles. The summed E-state index contributed by atoms with van der Waals surface area (Å²) < 4.78 is 13.6. The van der Waals surface area contributed by atoms with Crippen LogP contribution in [0.5, 0.6) is 0 Å². The highest BCUT2D eigenvalue weighted by Crippen LogP contribution is 2.53. The highest BCUT2D eigenvalue weighted by atomic mass is 19.1. The molecule has 21 heavy (non-hydrogen) atoms. The van der Waals surface area contributed by atoms with Crippen LogP contribution in [0, 0.1) is 17.7 Å². The third-order valence-electron chi connectivity index (χ3n) is 5.65. The molecule has 2 fully saturated rings. The first-order valence-corrected chi connectivity index (χ1v) is 7.91. The Morgan fingerprint density at radius 3 is 2.62 bits per heavy atom. The van der Waals surface area contributed by atoms with E-state index in [-0.39, 0.29) is 16.8 Å². The summed E-state index contributed by atoms with van der Waals surface area (Å²) >= 11 is 0. The van der Waals surface area contributed by atoms with Gasteiger partial charge >= 0.3 is 0 Å². The van der Waals surface area contributed by atoms with Crippen molar-refractivity contribution in [2.24, 2.45) is 11.8 Å². The van der Waals surface area contributed by atoms with Crippen molar-refractivity contribution in [1.82, 2.24) is 5.06 Å². The Labute approximate surface area is 127 Å². The highest BCUT2D eigenvalue weighted by Gasteiger charge is 2.55. The van der Waals surface area contributed by atoms with E-state index in [9.17, 15) is 4.39 Å². The molecule has 1 aromatic rings. The number of rotatable bonds is 1. The maximum absolute atomic E-state index is 13.6. The fourth-order valence-electron chi connectivity index (χ4n) is 4.79. The van der Waals surface area contributed by atoms with E-state index < -0.39 is 0 Å². The first-order valence-electron chi connectivity index (χ1n) is 7.91. The summed E-state index contributed by atoms with van der Waals surface area (Å²) in [7, 11) is 2.05. The van der Waals surface area contributed by atoms with E-state index in [4.69, 9.17) is 4.84 Å². The van der Waals surface area contributed by atoms with Gasteiger partial charge in [0.05, 0.1) is 5.60 Å². The fourth-order valence-corrected chi connectivity index (χ4v) is 4.79. The van der Waals surface area contributed by atoms with Gasteiger partial charge in [0.25, 0.3) is 0 Å². The van der Waals surface area contributed by atoms with Crippen molar-refractivity contribution in [3.05, 3.63) is 35.6 Å². The monoisotopic (exact) mass is 291 g/mol. The lowest BCUT2D eigenvalue weighted by Crippen LogP contribution is -2.48. The van der Waals surface area contributed by atoms with E-state index >= 15 is 0 Å². The Balaban J connectivity index is 1.97. The van der Waals surface area contributed by atoms with Crippen molar-refractivity contribution in [3.63, 3.8) is 0 Å². The molecule has 0 amide bonds. The number of nitrogens with zero attached hydrogens (tertiary/aromatic N) is 1. The van der Waals surface area contributed by atoms with Crippen molar-refractivity contribution in [2.45, 2.75) is 57.6 Å². The lowest BCUT2D eigenvalue weighted by molar-refractivity contribution is -0.182. The molecule has 2 aliphatic rings. The first-order chi connectivity index (χ1) is 9.73. The van der Waals surface area contributed by atoms with Gasteiger partial charge in [-0.1, -0.05) is 26.0 Å². The second kappa shape index (κ2) is 4.79. The maximum Gasteiger partial charge on any atom is 0.123 e. The molecule has 3 heteroatoms. The lowest BCUT2D eigenvalue weighted by Gasteiger charge is -2.46. The zero-order valence-corrected chi connectivity index (χ0v) is 13.7. The van der Waals surface area contributed by atoms with Crippen LogP contribution in [-0.2, 0) is 10.3 Å². The Hall–Kier alpha value is -0.930. The summed E-state index contributed by atoms with van der Waals surface area (Å²) in [5.41, 5.74) is 0.995. The molecule has 116 valence electrons. The normalized spacial score (nSPS) is 39.2. The molecule has 3 rings (SSSR count). The quantitative estimate of drug-likeness (QED) is 0.770. The Morgan fingerprint density at radius 1 is 1.24 bits per heavy atom. The third-order valence-corrected chi connectivity index (χ3v) is 5.65. The highest BCUT2D eigenvalue weighted by molar-refractivity contribution is 5.27. The molecular formula is C18H26FNO. The van der Waals surface area contributed by atoms with Crippen molar-refractivity contribution in [1.29, 1.82) is 0 Å². The fraction of sp³-hybridized carbons (Fsp3) is 0.667. The van der Waals surface area contributed by atoms with Crippen LogP contribution in [0.2, 0.25) is 0 Å². The molecular weight excluding hydrogens is 265 g/mol. The standard InChI is InChI=1S/C18H26FNO/c1-12-10-18(4,13-7-6-8-14(19)9-13)11-15-16(12)20(5)21-17(15,2)3/h6-9,12,15-16H,10-11H2,1-5H3/t12-,15+,16+,18+/m0/s1. The van der Waals surface area contributed by atoms with Crippen LogP contribution in [0.4, 0.5) is 4.39 Å². The van der Waals surface area contributed by atoms with Crippen LogP contribution in [0.1, 0.15) is 46.1 Å². The second-order valence-corrected chi connectivity index (χ2v) is 7.79. The Morgan fingerprint density at radius 2 is 1.95 bits per heavy atom. The van der Waals surface area contributed by atoms with Crippen LogP contribution in [-0.4, -0.2) is 23.8 Å². The van der Waals surface area contributed by atoms with Crippen molar-refractivity contribution < 1.29 is 9.23 Å². The molecule has 0 spiro atoms. The van der Waals surface area contributed by atoms with Gasteiger partial charge in [0.2, 0.25) is 0 Å². The van der Waals surface area contributed by atoms with Gasteiger partial charge in [-0.25, -0.2) is 4.39 Å². The zero-order valence-electron chi connectivity index (χ0n) is 13.7. The predicted molar refractivity (Wildman–Crippen MR) is 82.4 cm³/mol. The molecule has 2 nitrogen and oxygen atoms in total. The largest absolute Gasteiger partial charge is 0.293 e. The number of benzene rings is 1. The van der Waals surface area contributed by atoms with Crippen molar-refractivity contribution in [2.75, 3.05) is 7.05 Å². The van der Waals surface area contributed by atoms with E-state index in [1.165, 1.54) is 6.07 Å². The number of halogens is 1. The maximum atomic E-state index is 13.6. The van der Waals surface area contributed by atoms with E-state index in [0.29, 0.717) is 17.9 Å². The zero-order chi connectivity index (χ0) is 15.4. The summed E-state index contributed by atoms with van der Waals surface area (Å²) in [5.74, 6) is 0.867. The van der Waals surface area contributed by atoms with Gasteiger partial charge in [0.15, 0.2) is 0 Å². The summed E-state index contributed by atoms with van der Waals surface area (Å²) in [6, 6.07) is 7.59. The number of hydrogen-bond acceptors (Lipinski definition) is 2. The summed E-state index contributed by atoms with van der Waals surface area (Å²) in [5, 5.41) is 2.06. The summed E-state index contributed by atoms with van der Waals surface area (Å²) in [6.07, 6.45) is 2.12. The molecule has 0 radical (unpaired) electrons. The predicted octanol–water partition coefficient (Wildman–Crippen LogP) is 4.15. The minimum absolute atomic E-state index is 0.0223. The van der Waals surface area contributed by atoms with Crippen LogP contribution in [0.15, 0.2) is 24.3 Å². The second-order valence-electron chi connectivity index (χ2n) is 7.79. The molecule has 0 aromatic heterocycles. The van der Waals surface area contributed by atoms with Crippen molar-refractivity contribution in [3.8, 4) is 0 Å². The van der Waals surface area contributed by atoms with Crippen LogP contribution in [0.3, 0.4) is 0 Å². The minimum atomic E-state index is -0.150. The number of hydrogen-bond donors (Lipinski definition) is 0. The van der Waals surface area contributed by atoms with Gasteiger partial charge in [-0.05, 0) is 55.7 Å². The molecule has 1 saturated carbocycles. The van der Waals surface area contributed by atoms with Crippen molar-refractivity contribution >= 4 is 0 Å². The SMILES string of the molecule is C[C@H]1C[C@@](C)(c2cccc(F)c2)C[C@@H]2[C@@H]1N(C)OC2(C)C. The summed E-state index contributed by atoms with van der Waals surface area (Å²) in [6.45, 7) is 8.94. The molecule has 1 saturated heterocycles. The molecule has 1 aromatic carbocycles. The summed E-state index contributed by atoms with van der Waals surface area (Å²) in [4.78, 5) is 6.08. The molecule has 1 aliphatic heterocycles. The molecule has 0 N–H and O–H groups in total. The van der Waals surface area contributed by atoms with Gasteiger partial charge in [0.1, 0.15) is 5.82 Å². The topological polar surface area (TPSA) is 12.5 Å². The average molecular weight is 291 g/mol. The number of fused-ring (bicyclic) bond motifs is 1. The van der Waals surface area contributed by atoms with Gasteiger partial charge in [-0.2, -0.15) is 5.06 Å². The van der Waals surface area contributed by atoms with E-state index in [2.05, 4.69) is 38.8 Å². The smallest absolute Gasteiger partial charge is 0.123 e. The Bertz CT molecular complexity index is 544. The van der Waals surface area contributed by atoms with Gasteiger partial charge in [0, 0.05) is 19.0 Å². The van der Waals surface area contributed by atoms with Gasteiger partial charge in [-0.3, -0.25) is 4.84 Å². The molecule has 4 atom stereocenters. The first kappa shape index (κ1) is 15.0. The molecule has 0 bridgehead atoms. The third kappa shape index (κ3) is 2.40. The average Bonchev–Trinajstić information content (AvgIpc) is 2.59. The minimum Gasteiger partial charge on any atom is -0.293 e. The van der Waals surface area contributed by atoms with Crippen LogP contribution < -0.4 is 0 Å². The lowest BCUT2D eigenvalue weighted by atomic mass is 9.59. The van der Waals surface area contributed by atoms with E-state index in [1.807, 2.05) is 13.1 Å². The van der Waals surface area contributed by atoms with E-state index in [0.717, 1.165) is 18.4 Å².